The molecule has 1 aromatic carbocycles. The number of halogens is 2. The van der Waals surface area contributed by atoms with Crippen molar-refractivity contribution in [2.75, 3.05) is 0 Å². The van der Waals surface area contributed by atoms with Crippen LogP contribution in [0.25, 0.3) is 0 Å². The van der Waals surface area contributed by atoms with Crippen LogP contribution >= 0.6 is 15.9 Å². The van der Waals surface area contributed by atoms with Gasteiger partial charge in [-0.05, 0) is 46.5 Å². The lowest BCUT2D eigenvalue weighted by Crippen LogP contribution is -2.15. The van der Waals surface area contributed by atoms with Gasteiger partial charge in [0.15, 0.2) is 0 Å². The average Bonchev–Trinajstić information content (AvgIpc) is 3.26. The standard InChI is InChI=1S/C15H14BrFN2O/c16-13-5-4-12(7-14(13)17)20-15-6-1-10(9-19-15)8-18-11-2-3-11/h1,4-7,9,11,18H,2-3,8H2. The summed E-state index contributed by atoms with van der Waals surface area (Å²) in [4.78, 5) is 4.23. The SMILES string of the molecule is Fc1cc(Oc2ccc(CNC3CC3)cn2)ccc1Br. The quantitative estimate of drug-likeness (QED) is 0.895. The van der Waals surface area contributed by atoms with E-state index in [9.17, 15) is 4.39 Å². The summed E-state index contributed by atoms with van der Waals surface area (Å²) in [7, 11) is 0. The zero-order chi connectivity index (χ0) is 13.9. The number of ether oxygens (including phenoxy) is 1. The Kier molecular flexibility index (Phi) is 3.98. The molecular formula is C15H14BrFN2O. The van der Waals surface area contributed by atoms with Crippen molar-refractivity contribution in [1.82, 2.24) is 10.3 Å². The van der Waals surface area contributed by atoms with Gasteiger partial charge in [-0.3, -0.25) is 0 Å². The number of hydrogen-bond donors (Lipinski definition) is 1. The minimum Gasteiger partial charge on any atom is -0.439 e. The monoisotopic (exact) mass is 336 g/mol. The first-order chi connectivity index (χ1) is 9.70. The maximum absolute atomic E-state index is 13.4. The van der Waals surface area contributed by atoms with E-state index in [2.05, 4.69) is 26.2 Å². The molecule has 0 spiro atoms. The molecule has 20 heavy (non-hydrogen) atoms. The fraction of sp³-hybridized carbons (Fsp3) is 0.267. The van der Waals surface area contributed by atoms with E-state index in [1.165, 1.54) is 18.9 Å². The fourth-order valence-electron chi connectivity index (χ4n) is 1.79. The van der Waals surface area contributed by atoms with Crippen LogP contribution in [0.1, 0.15) is 18.4 Å². The summed E-state index contributed by atoms with van der Waals surface area (Å²) in [5.41, 5.74) is 1.12. The van der Waals surface area contributed by atoms with E-state index in [1.54, 1.807) is 24.4 Å². The molecule has 0 atom stereocenters. The Morgan fingerprint density at radius 2 is 2.15 bits per heavy atom. The molecule has 1 aromatic heterocycles. The van der Waals surface area contributed by atoms with Crippen molar-refractivity contribution in [3.05, 3.63) is 52.4 Å². The largest absolute Gasteiger partial charge is 0.439 e. The molecule has 3 nitrogen and oxygen atoms in total. The molecule has 1 N–H and O–H groups in total. The highest BCUT2D eigenvalue weighted by Crippen LogP contribution is 2.25. The molecule has 0 aliphatic heterocycles. The molecule has 0 bridgehead atoms. The van der Waals surface area contributed by atoms with Crippen LogP contribution in [0.5, 0.6) is 11.6 Å². The van der Waals surface area contributed by atoms with Crippen molar-refractivity contribution >= 4 is 15.9 Å². The van der Waals surface area contributed by atoms with Crippen LogP contribution in [0, 0.1) is 5.82 Å². The Labute approximate surface area is 125 Å². The van der Waals surface area contributed by atoms with E-state index in [1.807, 2.05) is 6.07 Å². The second-order valence-electron chi connectivity index (χ2n) is 4.84. The first-order valence-electron chi connectivity index (χ1n) is 6.52. The van der Waals surface area contributed by atoms with Crippen LogP contribution in [0.15, 0.2) is 41.0 Å². The number of nitrogens with one attached hydrogen (secondary N) is 1. The number of hydrogen-bond acceptors (Lipinski definition) is 3. The number of nitrogens with zero attached hydrogens (tertiary/aromatic N) is 1. The lowest BCUT2D eigenvalue weighted by molar-refractivity contribution is 0.457. The van der Waals surface area contributed by atoms with Crippen LogP contribution in [-0.4, -0.2) is 11.0 Å². The topological polar surface area (TPSA) is 34.1 Å². The Morgan fingerprint density at radius 3 is 2.80 bits per heavy atom. The van der Waals surface area contributed by atoms with E-state index in [0.29, 0.717) is 22.1 Å². The summed E-state index contributed by atoms with van der Waals surface area (Å²) in [6.45, 7) is 0.824. The number of pyridine rings is 1. The molecule has 0 saturated heterocycles. The van der Waals surface area contributed by atoms with Gasteiger partial charge in [0.25, 0.3) is 0 Å². The molecule has 5 heteroatoms. The van der Waals surface area contributed by atoms with Crippen molar-refractivity contribution in [1.29, 1.82) is 0 Å². The van der Waals surface area contributed by atoms with E-state index in [0.717, 1.165) is 12.1 Å². The van der Waals surface area contributed by atoms with Crippen LogP contribution in [0.2, 0.25) is 0 Å². The molecule has 0 amide bonds. The van der Waals surface area contributed by atoms with Crippen LogP contribution in [0.4, 0.5) is 4.39 Å². The summed E-state index contributed by atoms with van der Waals surface area (Å²) < 4.78 is 19.3. The Hall–Kier alpha value is -1.46. The second-order valence-corrected chi connectivity index (χ2v) is 5.69. The highest BCUT2D eigenvalue weighted by atomic mass is 79.9. The molecule has 1 heterocycles. The zero-order valence-electron chi connectivity index (χ0n) is 10.8. The van der Waals surface area contributed by atoms with Crippen LogP contribution < -0.4 is 10.1 Å². The number of aromatic nitrogens is 1. The highest BCUT2D eigenvalue weighted by molar-refractivity contribution is 9.10. The lowest BCUT2D eigenvalue weighted by Gasteiger charge is -2.07. The summed E-state index contributed by atoms with van der Waals surface area (Å²) in [6, 6.07) is 9.07. The zero-order valence-corrected chi connectivity index (χ0v) is 12.4. The smallest absolute Gasteiger partial charge is 0.219 e. The number of rotatable bonds is 5. The van der Waals surface area contributed by atoms with Gasteiger partial charge in [0.2, 0.25) is 5.88 Å². The maximum Gasteiger partial charge on any atom is 0.219 e. The molecule has 0 unspecified atom stereocenters. The van der Waals surface area contributed by atoms with Crippen molar-refractivity contribution in [2.24, 2.45) is 0 Å². The molecule has 104 valence electrons. The first kappa shape index (κ1) is 13.5. The van der Waals surface area contributed by atoms with Gasteiger partial charge in [0.1, 0.15) is 11.6 Å². The van der Waals surface area contributed by atoms with Crippen molar-refractivity contribution in [2.45, 2.75) is 25.4 Å². The predicted octanol–water partition coefficient (Wildman–Crippen LogP) is 4.03. The van der Waals surface area contributed by atoms with Crippen molar-refractivity contribution in [3.63, 3.8) is 0 Å². The van der Waals surface area contributed by atoms with E-state index < -0.39 is 0 Å². The Bertz CT molecular complexity index is 599. The van der Waals surface area contributed by atoms with Gasteiger partial charge < -0.3 is 10.1 Å². The molecule has 1 aliphatic carbocycles. The van der Waals surface area contributed by atoms with E-state index in [-0.39, 0.29) is 5.82 Å². The second kappa shape index (κ2) is 5.89. The van der Waals surface area contributed by atoms with Crippen molar-refractivity contribution < 1.29 is 9.13 Å². The maximum atomic E-state index is 13.4. The molecule has 2 aromatic rings. The molecule has 1 aliphatic rings. The van der Waals surface area contributed by atoms with E-state index in [4.69, 9.17) is 4.74 Å². The third-order valence-electron chi connectivity index (χ3n) is 3.08. The minimum atomic E-state index is -0.354. The van der Waals surface area contributed by atoms with Gasteiger partial charge in [-0.25, -0.2) is 9.37 Å². The van der Waals surface area contributed by atoms with Crippen LogP contribution in [0.3, 0.4) is 0 Å². The van der Waals surface area contributed by atoms with Gasteiger partial charge in [-0.1, -0.05) is 6.07 Å². The highest BCUT2D eigenvalue weighted by Gasteiger charge is 2.19. The lowest BCUT2D eigenvalue weighted by atomic mass is 10.3. The summed E-state index contributed by atoms with van der Waals surface area (Å²) in [6.07, 6.45) is 4.31. The number of benzene rings is 1. The van der Waals surface area contributed by atoms with Gasteiger partial charge in [-0.15, -0.1) is 0 Å². The summed E-state index contributed by atoms with van der Waals surface area (Å²) in [5.74, 6) is 0.539. The fourth-order valence-corrected chi connectivity index (χ4v) is 2.03. The van der Waals surface area contributed by atoms with Gasteiger partial charge in [-0.2, -0.15) is 0 Å². The van der Waals surface area contributed by atoms with Crippen molar-refractivity contribution in [3.8, 4) is 11.6 Å². The first-order valence-corrected chi connectivity index (χ1v) is 7.31. The molecule has 3 rings (SSSR count). The minimum absolute atomic E-state index is 0.354. The molecule has 0 radical (unpaired) electrons. The van der Waals surface area contributed by atoms with Gasteiger partial charge in [0.05, 0.1) is 4.47 Å². The molecular weight excluding hydrogens is 323 g/mol. The Balaban J connectivity index is 1.62. The average molecular weight is 337 g/mol. The molecule has 1 fully saturated rings. The van der Waals surface area contributed by atoms with Gasteiger partial charge >= 0.3 is 0 Å². The predicted molar refractivity (Wildman–Crippen MR) is 78.3 cm³/mol. The Morgan fingerprint density at radius 1 is 1.30 bits per heavy atom. The molecule has 1 saturated carbocycles. The summed E-state index contributed by atoms with van der Waals surface area (Å²) in [5, 5.41) is 3.42. The summed E-state index contributed by atoms with van der Waals surface area (Å²) >= 11 is 3.11. The third kappa shape index (κ3) is 3.55. The normalized spacial score (nSPS) is 14.3. The van der Waals surface area contributed by atoms with Gasteiger partial charge in [0, 0.05) is 30.9 Å². The third-order valence-corrected chi connectivity index (χ3v) is 3.73. The van der Waals surface area contributed by atoms with Crippen LogP contribution in [-0.2, 0) is 6.54 Å². The van der Waals surface area contributed by atoms with E-state index >= 15 is 0 Å².